The Morgan fingerprint density at radius 2 is 2.44 bits per heavy atom. The minimum Gasteiger partial charge on any atom is -0.348 e. The average Bonchev–Trinajstić information content (AvgIpc) is 2.82. The molecule has 0 bridgehead atoms. The second-order valence-corrected chi connectivity index (χ2v) is 5.29. The van der Waals surface area contributed by atoms with Crippen LogP contribution in [-0.2, 0) is 5.88 Å². The Morgan fingerprint density at radius 3 is 3.12 bits per heavy atom. The van der Waals surface area contributed by atoms with Crippen molar-refractivity contribution in [3.05, 3.63) is 35.4 Å². The van der Waals surface area contributed by atoms with Crippen molar-refractivity contribution in [2.24, 2.45) is 0 Å². The quantitative estimate of drug-likeness (QED) is 0.842. The lowest BCUT2D eigenvalue weighted by atomic mass is 10.1. The molecular weight excluding hydrogens is 242 g/mol. The van der Waals surface area contributed by atoms with Crippen LogP contribution in [0, 0.1) is 0 Å². The summed E-state index contributed by atoms with van der Waals surface area (Å²) in [6.45, 7) is 0. The van der Waals surface area contributed by atoms with E-state index >= 15 is 0 Å². The van der Waals surface area contributed by atoms with Gasteiger partial charge in [0.1, 0.15) is 0 Å². The Balaban J connectivity index is 2.01. The molecule has 1 atom stereocenters. The van der Waals surface area contributed by atoms with Crippen molar-refractivity contribution in [2.45, 2.75) is 18.3 Å². The van der Waals surface area contributed by atoms with Crippen molar-refractivity contribution >= 4 is 29.3 Å². The first-order valence-corrected chi connectivity index (χ1v) is 7.02. The summed E-state index contributed by atoms with van der Waals surface area (Å²) in [6, 6.07) is 7.81. The third-order valence-electron chi connectivity index (χ3n) is 2.61. The van der Waals surface area contributed by atoms with E-state index in [4.69, 9.17) is 11.6 Å². The molecule has 86 valence electrons. The number of thioether (sulfide) groups is 1. The van der Waals surface area contributed by atoms with E-state index in [1.54, 1.807) is 0 Å². The van der Waals surface area contributed by atoms with Gasteiger partial charge in [0, 0.05) is 23.2 Å². The summed E-state index contributed by atoms with van der Waals surface area (Å²) < 4.78 is 0. The maximum Gasteiger partial charge on any atom is 0.251 e. The molecule has 1 aromatic rings. The second kappa shape index (κ2) is 5.60. The third-order valence-corrected chi connectivity index (χ3v) is 4.08. The van der Waals surface area contributed by atoms with E-state index in [1.807, 2.05) is 36.0 Å². The van der Waals surface area contributed by atoms with Gasteiger partial charge >= 0.3 is 0 Å². The Bertz CT molecular complexity index is 377. The van der Waals surface area contributed by atoms with Gasteiger partial charge in [-0.2, -0.15) is 11.8 Å². The van der Waals surface area contributed by atoms with E-state index in [9.17, 15) is 4.79 Å². The zero-order valence-corrected chi connectivity index (χ0v) is 10.5. The molecule has 0 aliphatic carbocycles. The van der Waals surface area contributed by atoms with Gasteiger partial charge in [-0.05, 0) is 29.9 Å². The lowest BCUT2D eigenvalue weighted by molar-refractivity contribution is 0.0941. The molecule has 0 aromatic heterocycles. The zero-order valence-electron chi connectivity index (χ0n) is 8.91. The normalized spacial score (nSPS) is 19.7. The lowest BCUT2D eigenvalue weighted by Gasteiger charge is -2.11. The van der Waals surface area contributed by atoms with Crippen molar-refractivity contribution in [3.63, 3.8) is 0 Å². The van der Waals surface area contributed by atoms with Gasteiger partial charge < -0.3 is 5.32 Å². The topological polar surface area (TPSA) is 29.1 Å². The summed E-state index contributed by atoms with van der Waals surface area (Å²) in [5.74, 6) is 2.63. The summed E-state index contributed by atoms with van der Waals surface area (Å²) in [4.78, 5) is 11.9. The first-order chi connectivity index (χ1) is 7.79. The predicted octanol–water partition coefficient (Wildman–Crippen LogP) is 2.66. The first kappa shape index (κ1) is 11.8. The van der Waals surface area contributed by atoms with Crippen LogP contribution in [0.3, 0.4) is 0 Å². The number of alkyl halides is 1. The molecule has 1 N–H and O–H groups in total. The number of rotatable bonds is 3. The van der Waals surface area contributed by atoms with Gasteiger partial charge in [0.25, 0.3) is 5.91 Å². The Morgan fingerprint density at radius 1 is 1.56 bits per heavy atom. The molecule has 1 aliphatic heterocycles. The highest BCUT2D eigenvalue weighted by Gasteiger charge is 2.18. The molecule has 0 spiro atoms. The van der Waals surface area contributed by atoms with Crippen molar-refractivity contribution in [3.8, 4) is 0 Å². The lowest BCUT2D eigenvalue weighted by Crippen LogP contribution is -2.34. The molecule has 1 aromatic carbocycles. The zero-order chi connectivity index (χ0) is 11.4. The van der Waals surface area contributed by atoms with Crippen LogP contribution in [0.1, 0.15) is 22.3 Å². The van der Waals surface area contributed by atoms with Crippen LogP contribution in [-0.4, -0.2) is 23.5 Å². The molecule has 16 heavy (non-hydrogen) atoms. The molecule has 0 saturated carbocycles. The highest BCUT2D eigenvalue weighted by Crippen LogP contribution is 2.17. The molecule has 0 radical (unpaired) electrons. The minimum atomic E-state index is 0.0134. The van der Waals surface area contributed by atoms with E-state index in [1.165, 1.54) is 0 Å². The number of amides is 1. The Hall–Kier alpha value is -0.670. The van der Waals surface area contributed by atoms with Crippen LogP contribution in [0.5, 0.6) is 0 Å². The fraction of sp³-hybridized carbons (Fsp3) is 0.417. The van der Waals surface area contributed by atoms with Crippen LogP contribution in [0.4, 0.5) is 0 Å². The van der Waals surface area contributed by atoms with Gasteiger partial charge in [0.15, 0.2) is 0 Å². The van der Waals surface area contributed by atoms with E-state index in [2.05, 4.69) is 5.32 Å². The molecular formula is C12H14ClNOS. The number of carbonyl (C=O) groups is 1. The fourth-order valence-electron chi connectivity index (χ4n) is 1.71. The predicted molar refractivity (Wildman–Crippen MR) is 69.2 cm³/mol. The standard InChI is InChI=1S/C12H14ClNOS/c13-7-9-2-1-3-10(6-9)12(15)14-11-4-5-16-8-11/h1-3,6,11H,4-5,7-8H2,(H,14,15). The SMILES string of the molecule is O=C(NC1CCSC1)c1cccc(CCl)c1. The average molecular weight is 256 g/mol. The van der Waals surface area contributed by atoms with Crippen LogP contribution < -0.4 is 5.32 Å². The molecule has 2 rings (SSSR count). The number of nitrogens with one attached hydrogen (secondary N) is 1. The summed E-state index contributed by atoms with van der Waals surface area (Å²) >= 11 is 7.63. The highest BCUT2D eigenvalue weighted by atomic mass is 35.5. The van der Waals surface area contributed by atoms with Gasteiger partial charge in [-0.15, -0.1) is 11.6 Å². The number of hydrogen-bond acceptors (Lipinski definition) is 2. The van der Waals surface area contributed by atoms with Gasteiger partial charge in [-0.25, -0.2) is 0 Å². The molecule has 1 heterocycles. The summed E-state index contributed by atoms with van der Waals surface area (Å²) in [6.07, 6.45) is 1.08. The molecule has 1 unspecified atom stereocenters. The molecule has 1 aliphatic rings. The van der Waals surface area contributed by atoms with E-state index in [0.29, 0.717) is 17.5 Å². The molecule has 4 heteroatoms. The molecule has 1 fully saturated rings. The monoisotopic (exact) mass is 255 g/mol. The van der Waals surface area contributed by atoms with Crippen LogP contribution in [0.15, 0.2) is 24.3 Å². The van der Waals surface area contributed by atoms with Crippen LogP contribution in [0.2, 0.25) is 0 Å². The van der Waals surface area contributed by atoms with Crippen molar-refractivity contribution < 1.29 is 4.79 Å². The number of hydrogen-bond donors (Lipinski definition) is 1. The summed E-state index contributed by atoms with van der Waals surface area (Å²) in [5, 5.41) is 3.04. The van der Waals surface area contributed by atoms with E-state index in [0.717, 1.165) is 23.5 Å². The number of carbonyl (C=O) groups excluding carboxylic acids is 1. The Labute approximate surface area is 105 Å². The molecule has 1 amide bonds. The van der Waals surface area contributed by atoms with Gasteiger partial charge in [0.05, 0.1) is 0 Å². The van der Waals surface area contributed by atoms with Crippen LogP contribution >= 0.6 is 23.4 Å². The van der Waals surface area contributed by atoms with Crippen molar-refractivity contribution in [1.29, 1.82) is 0 Å². The first-order valence-electron chi connectivity index (χ1n) is 5.33. The molecule has 2 nitrogen and oxygen atoms in total. The number of benzene rings is 1. The van der Waals surface area contributed by atoms with Crippen LogP contribution in [0.25, 0.3) is 0 Å². The van der Waals surface area contributed by atoms with Gasteiger partial charge in [-0.3, -0.25) is 4.79 Å². The van der Waals surface area contributed by atoms with E-state index in [-0.39, 0.29) is 5.91 Å². The van der Waals surface area contributed by atoms with E-state index < -0.39 is 0 Å². The van der Waals surface area contributed by atoms with Gasteiger partial charge in [0.2, 0.25) is 0 Å². The fourth-order valence-corrected chi connectivity index (χ4v) is 3.03. The maximum atomic E-state index is 11.9. The summed E-state index contributed by atoms with van der Waals surface area (Å²) in [7, 11) is 0. The number of halogens is 1. The maximum absolute atomic E-state index is 11.9. The van der Waals surface area contributed by atoms with Crippen molar-refractivity contribution in [2.75, 3.05) is 11.5 Å². The minimum absolute atomic E-state index is 0.0134. The Kier molecular flexibility index (Phi) is 4.13. The second-order valence-electron chi connectivity index (χ2n) is 3.87. The third kappa shape index (κ3) is 2.92. The largest absolute Gasteiger partial charge is 0.348 e. The smallest absolute Gasteiger partial charge is 0.251 e. The summed E-state index contributed by atoms with van der Waals surface area (Å²) in [5.41, 5.74) is 1.69. The highest BCUT2D eigenvalue weighted by molar-refractivity contribution is 7.99. The van der Waals surface area contributed by atoms with Gasteiger partial charge in [-0.1, -0.05) is 12.1 Å². The molecule has 1 saturated heterocycles. The van der Waals surface area contributed by atoms with Crippen molar-refractivity contribution in [1.82, 2.24) is 5.32 Å².